The van der Waals surface area contributed by atoms with Crippen molar-refractivity contribution in [2.24, 2.45) is 11.8 Å². The molecule has 2 aliphatic rings. The molecule has 2 rings (SSSR count). The van der Waals surface area contributed by atoms with E-state index in [0.717, 1.165) is 44.9 Å². The number of carbonyl (C=O) groups is 1. The normalized spacial score (nSPS) is 27.9. The van der Waals surface area contributed by atoms with Crippen molar-refractivity contribution in [3.8, 4) is 0 Å². The van der Waals surface area contributed by atoms with Crippen LogP contribution in [0.5, 0.6) is 0 Å². The summed E-state index contributed by atoms with van der Waals surface area (Å²) in [7, 11) is 0. The third kappa shape index (κ3) is 3.61. The van der Waals surface area contributed by atoms with E-state index in [1.807, 2.05) is 4.90 Å². The van der Waals surface area contributed by atoms with Crippen molar-refractivity contribution in [1.29, 1.82) is 0 Å². The van der Waals surface area contributed by atoms with Gasteiger partial charge in [0.1, 0.15) is 0 Å². The highest BCUT2D eigenvalue weighted by Crippen LogP contribution is 2.17. The van der Waals surface area contributed by atoms with Crippen molar-refractivity contribution in [1.82, 2.24) is 15.5 Å². The number of nitrogens with one attached hydrogen (secondary N) is 2. The Hall–Kier alpha value is -0.770. The Balaban J connectivity index is 1.75. The van der Waals surface area contributed by atoms with Crippen LogP contribution in [0.3, 0.4) is 0 Å². The SMILES string of the molecule is CC1CCN(C(=O)NC(C)C2CCCNC2)CC1. The Morgan fingerprint density at radius 3 is 2.67 bits per heavy atom. The van der Waals surface area contributed by atoms with Crippen LogP contribution in [0.25, 0.3) is 0 Å². The Morgan fingerprint density at radius 2 is 2.06 bits per heavy atom. The Morgan fingerprint density at radius 1 is 1.33 bits per heavy atom. The molecule has 0 spiro atoms. The predicted molar refractivity (Wildman–Crippen MR) is 73.6 cm³/mol. The number of urea groups is 1. The highest BCUT2D eigenvalue weighted by atomic mass is 16.2. The molecule has 0 bridgehead atoms. The first kappa shape index (κ1) is 13.7. The standard InChI is InChI=1S/C14H27N3O/c1-11-5-8-17(9-6-11)14(18)16-12(2)13-4-3-7-15-10-13/h11-13,15H,3-10H2,1-2H3,(H,16,18). The number of likely N-dealkylation sites (tertiary alicyclic amines) is 1. The zero-order chi connectivity index (χ0) is 13.0. The van der Waals surface area contributed by atoms with Gasteiger partial charge in [-0.15, -0.1) is 0 Å². The zero-order valence-corrected chi connectivity index (χ0v) is 11.7. The average Bonchev–Trinajstić information content (AvgIpc) is 2.40. The molecule has 0 radical (unpaired) electrons. The summed E-state index contributed by atoms with van der Waals surface area (Å²) in [6, 6.07) is 0.421. The lowest BCUT2D eigenvalue weighted by atomic mass is 9.93. The molecule has 2 amide bonds. The fraction of sp³-hybridized carbons (Fsp3) is 0.929. The lowest BCUT2D eigenvalue weighted by Crippen LogP contribution is -2.50. The third-order valence-electron chi connectivity index (χ3n) is 4.46. The second-order valence-corrected chi connectivity index (χ2v) is 6.01. The first-order valence-corrected chi connectivity index (χ1v) is 7.43. The van der Waals surface area contributed by atoms with Crippen LogP contribution in [0, 0.1) is 11.8 Å². The molecule has 4 heteroatoms. The maximum atomic E-state index is 12.2. The van der Waals surface area contributed by atoms with E-state index in [1.165, 1.54) is 12.8 Å². The zero-order valence-electron chi connectivity index (χ0n) is 11.7. The summed E-state index contributed by atoms with van der Waals surface area (Å²) < 4.78 is 0. The van der Waals surface area contributed by atoms with E-state index >= 15 is 0 Å². The van der Waals surface area contributed by atoms with Gasteiger partial charge in [0, 0.05) is 19.1 Å². The van der Waals surface area contributed by atoms with Gasteiger partial charge in [0.05, 0.1) is 0 Å². The molecule has 2 N–H and O–H groups in total. The second kappa shape index (κ2) is 6.41. The maximum absolute atomic E-state index is 12.2. The second-order valence-electron chi connectivity index (χ2n) is 6.01. The lowest BCUT2D eigenvalue weighted by Gasteiger charge is -2.34. The minimum Gasteiger partial charge on any atom is -0.335 e. The van der Waals surface area contributed by atoms with Gasteiger partial charge in [-0.05, 0) is 57.5 Å². The smallest absolute Gasteiger partial charge is 0.317 e. The van der Waals surface area contributed by atoms with E-state index < -0.39 is 0 Å². The molecular weight excluding hydrogens is 226 g/mol. The van der Waals surface area contributed by atoms with Crippen molar-refractivity contribution in [3.63, 3.8) is 0 Å². The number of hydrogen-bond acceptors (Lipinski definition) is 2. The fourth-order valence-corrected chi connectivity index (χ4v) is 2.92. The number of rotatable bonds is 2. The summed E-state index contributed by atoms with van der Waals surface area (Å²) in [5.41, 5.74) is 0. The van der Waals surface area contributed by atoms with Crippen LogP contribution in [0.2, 0.25) is 0 Å². The van der Waals surface area contributed by atoms with Crippen LogP contribution in [0.1, 0.15) is 39.5 Å². The van der Waals surface area contributed by atoms with E-state index in [4.69, 9.17) is 0 Å². The van der Waals surface area contributed by atoms with Crippen LogP contribution >= 0.6 is 0 Å². The van der Waals surface area contributed by atoms with Gasteiger partial charge in [-0.1, -0.05) is 6.92 Å². The summed E-state index contributed by atoms with van der Waals surface area (Å²) in [5.74, 6) is 1.36. The first-order valence-electron chi connectivity index (χ1n) is 7.43. The first-order chi connectivity index (χ1) is 8.66. The molecule has 0 aromatic carbocycles. The van der Waals surface area contributed by atoms with Crippen molar-refractivity contribution in [3.05, 3.63) is 0 Å². The molecule has 2 heterocycles. The van der Waals surface area contributed by atoms with E-state index in [2.05, 4.69) is 24.5 Å². The van der Waals surface area contributed by atoms with Crippen molar-refractivity contribution >= 4 is 6.03 Å². The molecule has 104 valence electrons. The number of carbonyl (C=O) groups excluding carboxylic acids is 1. The van der Waals surface area contributed by atoms with Gasteiger partial charge in [0.25, 0.3) is 0 Å². The van der Waals surface area contributed by atoms with Crippen LogP contribution in [-0.4, -0.2) is 43.2 Å². The summed E-state index contributed by atoms with van der Waals surface area (Å²) >= 11 is 0. The summed E-state index contributed by atoms with van der Waals surface area (Å²) in [5, 5.41) is 6.59. The predicted octanol–water partition coefficient (Wildman–Crippen LogP) is 1.82. The van der Waals surface area contributed by atoms with Crippen LogP contribution in [0.15, 0.2) is 0 Å². The Kier molecular flexibility index (Phi) is 4.87. The molecule has 0 aliphatic carbocycles. The topological polar surface area (TPSA) is 44.4 Å². The Labute approximate surface area is 110 Å². The molecule has 0 saturated carbocycles. The highest BCUT2D eigenvalue weighted by Gasteiger charge is 2.25. The van der Waals surface area contributed by atoms with Gasteiger partial charge in [-0.2, -0.15) is 0 Å². The minimum atomic E-state index is 0.139. The fourth-order valence-electron chi connectivity index (χ4n) is 2.92. The van der Waals surface area contributed by atoms with E-state index in [-0.39, 0.29) is 12.1 Å². The van der Waals surface area contributed by atoms with Crippen molar-refractivity contribution in [2.45, 2.75) is 45.6 Å². The number of hydrogen-bond donors (Lipinski definition) is 2. The molecule has 2 saturated heterocycles. The molecular formula is C14H27N3O. The van der Waals surface area contributed by atoms with Gasteiger partial charge in [0.2, 0.25) is 0 Å². The number of nitrogens with zero attached hydrogens (tertiary/aromatic N) is 1. The summed E-state index contributed by atoms with van der Waals surface area (Å²) in [4.78, 5) is 14.1. The number of amides is 2. The minimum absolute atomic E-state index is 0.139. The van der Waals surface area contributed by atoms with Crippen LogP contribution < -0.4 is 10.6 Å². The molecule has 18 heavy (non-hydrogen) atoms. The molecule has 2 unspecified atom stereocenters. The summed E-state index contributed by atoms with van der Waals surface area (Å²) in [6.07, 6.45) is 4.75. The van der Waals surface area contributed by atoms with Crippen LogP contribution in [-0.2, 0) is 0 Å². The van der Waals surface area contributed by atoms with E-state index in [0.29, 0.717) is 5.92 Å². The lowest BCUT2D eigenvalue weighted by molar-refractivity contribution is 0.165. The van der Waals surface area contributed by atoms with Gasteiger partial charge in [-0.25, -0.2) is 4.79 Å². The van der Waals surface area contributed by atoms with E-state index in [9.17, 15) is 4.79 Å². The number of piperidine rings is 2. The van der Waals surface area contributed by atoms with Crippen molar-refractivity contribution in [2.75, 3.05) is 26.2 Å². The van der Waals surface area contributed by atoms with Crippen molar-refractivity contribution < 1.29 is 4.79 Å². The van der Waals surface area contributed by atoms with Gasteiger partial charge >= 0.3 is 6.03 Å². The van der Waals surface area contributed by atoms with Gasteiger partial charge in [-0.3, -0.25) is 0 Å². The third-order valence-corrected chi connectivity index (χ3v) is 4.46. The van der Waals surface area contributed by atoms with Gasteiger partial charge in [0.15, 0.2) is 0 Å². The molecule has 2 atom stereocenters. The molecule has 0 aromatic heterocycles. The highest BCUT2D eigenvalue weighted by molar-refractivity contribution is 5.74. The summed E-state index contributed by atoms with van der Waals surface area (Å²) in [6.45, 7) is 8.42. The molecule has 2 fully saturated rings. The Bertz CT molecular complexity index is 268. The molecule has 4 nitrogen and oxygen atoms in total. The quantitative estimate of drug-likeness (QED) is 0.788. The maximum Gasteiger partial charge on any atom is 0.317 e. The monoisotopic (exact) mass is 253 g/mol. The average molecular weight is 253 g/mol. The van der Waals surface area contributed by atoms with E-state index in [1.54, 1.807) is 0 Å². The molecule has 2 aliphatic heterocycles. The van der Waals surface area contributed by atoms with Gasteiger partial charge < -0.3 is 15.5 Å². The van der Waals surface area contributed by atoms with Crippen LogP contribution in [0.4, 0.5) is 4.79 Å². The largest absolute Gasteiger partial charge is 0.335 e. The molecule has 0 aromatic rings.